The Kier molecular flexibility index (Phi) is 6.19. The number of amides is 1. The number of thioether (sulfide) groups is 1. The minimum absolute atomic E-state index is 0.0186. The molecule has 5 nitrogen and oxygen atoms in total. The third kappa shape index (κ3) is 4.17. The largest absolute Gasteiger partial charge is 0.343 e. The van der Waals surface area contributed by atoms with Gasteiger partial charge in [-0.3, -0.25) is 14.2 Å². The van der Waals surface area contributed by atoms with Crippen LogP contribution in [0.3, 0.4) is 0 Å². The molecule has 0 aliphatic rings. The molecule has 0 N–H and O–H groups in total. The third-order valence-corrected chi connectivity index (χ3v) is 5.41. The van der Waals surface area contributed by atoms with Crippen molar-refractivity contribution in [3.63, 3.8) is 0 Å². The van der Waals surface area contributed by atoms with E-state index in [0.29, 0.717) is 39.9 Å². The predicted octanol–water partition coefficient (Wildman–Crippen LogP) is 4.00. The second kappa shape index (κ2) is 8.59. The SMILES string of the molecule is CCN(CC)C(=O)CSc1nc2ccccc2c(=O)n1-c1cccc(Cl)c1. The zero-order chi connectivity index (χ0) is 19.4. The molecule has 27 heavy (non-hydrogen) atoms. The fourth-order valence-electron chi connectivity index (χ4n) is 2.85. The first-order chi connectivity index (χ1) is 13.0. The zero-order valence-corrected chi connectivity index (χ0v) is 16.8. The maximum Gasteiger partial charge on any atom is 0.266 e. The van der Waals surface area contributed by atoms with E-state index >= 15 is 0 Å². The monoisotopic (exact) mass is 401 g/mol. The van der Waals surface area contributed by atoms with Gasteiger partial charge >= 0.3 is 0 Å². The highest BCUT2D eigenvalue weighted by Gasteiger charge is 2.16. The van der Waals surface area contributed by atoms with Crippen molar-refractivity contribution in [1.29, 1.82) is 0 Å². The number of para-hydroxylation sites is 1. The number of carbonyl (C=O) groups is 1. The topological polar surface area (TPSA) is 55.2 Å². The van der Waals surface area contributed by atoms with Crippen LogP contribution in [0.4, 0.5) is 0 Å². The highest BCUT2D eigenvalue weighted by molar-refractivity contribution is 7.99. The number of fused-ring (bicyclic) bond motifs is 1. The Morgan fingerprint density at radius 1 is 1.15 bits per heavy atom. The summed E-state index contributed by atoms with van der Waals surface area (Å²) in [5.41, 5.74) is 1.06. The van der Waals surface area contributed by atoms with Crippen LogP contribution in [0.1, 0.15) is 13.8 Å². The second-order valence-electron chi connectivity index (χ2n) is 5.89. The number of hydrogen-bond acceptors (Lipinski definition) is 4. The Balaban J connectivity index is 2.09. The molecule has 0 aliphatic carbocycles. The summed E-state index contributed by atoms with van der Waals surface area (Å²) in [4.78, 5) is 31.9. The third-order valence-electron chi connectivity index (χ3n) is 4.25. The fraction of sp³-hybridized carbons (Fsp3) is 0.250. The van der Waals surface area contributed by atoms with Crippen LogP contribution >= 0.6 is 23.4 Å². The molecule has 0 radical (unpaired) electrons. The summed E-state index contributed by atoms with van der Waals surface area (Å²) < 4.78 is 1.52. The van der Waals surface area contributed by atoms with Gasteiger partial charge in [0.25, 0.3) is 5.56 Å². The number of benzene rings is 2. The van der Waals surface area contributed by atoms with E-state index in [0.717, 1.165) is 0 Å². The molecule has 2 aromatic carbocycles. The molecular weight excluding hydrogens is 382 g/mol. The van der Waals surface area contributed by atoms with Crippen molar-refractivity contribution in [3.05, 3.63) is 63.9 Å². The van der Waals surface area contributed by atoms with E-state index < -0.39 is 0 Å². The molecule has 0 bridgehead atoms. The lowest BCUT2D eigenvalue weighted by molar-refractivity contribution is -0.127. The quantitative estimate of drug-likeness (QED) is 0.462. The van der Waals surface area contributed by atoms with E-state index in [1.165, 1.54) is 16.3 Å². The molecular formula is C20H20ClN3O2S. The van der Waals surface area contributed by atoms with Crippen LogP contribution in [0.5, 0.6) is 0 Å². The van der Waals surface area contributed by atoms with Crippen LogP contribution in [0.15, 0.2) is 58.5 Å². The van der Waals surface area contributed by atoms with Crippen LogP contribution < -0.4 is 5.56 Å². The smallest absolute Gasteiger partial charge is 0.266 e. The van der Waals surface area contributed by atoms with Crippen molar-refractivity contribution in [2.75, 3.05) is 18.8 Å². The van der Waals surface area contributed by atoms with E-state index in [1.54, 1.807) is 41.3 Å². The van der Waals surface area contributed by atoms with E-state index in [4.69, 9.17) is 11.6 Å². The van der Waals surface area contributed by atoms with Gasteiger partial charge in [-0.25, -0.2) is 4.98 Å². The average Bonchev–Trinajstić information content (AvgIpc) is 2.67. The average molecular weight is 402 g/mol. The number of carbonyl (C=O) groups excluding carboxylic acids is 1. The van der Waals surface area contributed by atoms with Gasteiger partial charge in [-0.05, 0) is 44.2 Å². The summed E-state index contributed by atoms with van der Waals surface area (Å²) in [7, 11) is 0. The molecule has 1 heterocycles. The standard InChI is InChI=1S/C20H20ClN3O2S/c1-3-23(4-2)18(25)13-27-20-22-17-11-6-5-10-16(17)19(26)24(20)15-9-7-8-14(21)12-15/h5-12H,3-4,13H2,1-2H3. The zero-order valence-electron chi connectivity index (χ0n) is 15.2. The molecule has 7 heteroatoms. The van der Waals surface area contributed by atoms with Gasteiger partial charge < -0.3 is 4.90 Å². The Morgan fingerprint density at radius 2 is 1.89 bits per heavy atom. The molecule has 0 saturated carbocycles. The molecule has 0 saturated heterocycles. The van der Waals surface area contributed by atoms with E-state index in [2.05, 4.69) is 4.98 Å². The lowest BCUT2D eigenvalue weighted by atomic mass is 10.2. The minimum Gasteiger partial charge on any atom is -0.343 e. The van der Waals surface area contributed by atoms with E-state index in [9.17, 15) is 9.59 Å². The summed E-state index contributed by atoms with van der Waals surface area (Å²) in [5, 5.41) is 1.53. The van der Waals surface area contributed by atoms with Gasteiger partial charge in [0.15, 0.2) is 5.16 Å². The number of hydrogen-bond donors (Lipinski definition) is 0. The van der Waals surface area contributed by atoms with Crippen LogP contribution in [-0.2, 0) is 4.79 Å². The van der Waals surface area contributed by atoms with Gasteiger partial charge in [-0.2, -0.15) is 0 Å². The van der Waals surface area contributed by atoms with E-state index in [-0.39, 0.29) is 17.2 Å². The lowest BCUT2D eigenvalue weighted by Gasteiger charge is -2.19. The van der Waals surface area contributed by atoms with Crippen molar-refractivity contribution in [1.82, 2.24) is 14.5 Å². The van der Waals surface area contributed by atoms with Crippen LogP contribution in [-0.4, -0.2) is 39.2 Å². The highest BCUT2D eigenvalue weighted by atomic mass is 35.5. The normalized spacial score (nSPS) is 10.9. The predicted molar refractivity (Wildman–Crippen MR) is 111 cm³/mol. The summed E-state index contributed by atoms with van der Waals surface area (Å²) in [6.07, 6.45) is 0. The summed E-state index contributed by atoms with van der Waals surface area (Å²) in [6.45, 7) is 5.20. The number of rotatable bonds is 6. The number of aromatic nitrogens is 2. The van der Waals surface area contributed by atoms with Gasteiger partial charge in [0.1, 0.15) is 0 Å². The highest BCUT2D eigenvalue weighted by Crippen LogP contribution is 2.23. The summed E-state index contributed by atoms with van der Waals surface area (Å²) in [6, 6.07) is 14.3. The van der Waals surface area contributed by atoms with Crippen LogP contribution in [0.25, 0.3) is 16.6 Å². The van der Waals surface area contributed by atoms with Crippen LogP contribution in [0.2, 0.25) is 5.02 Å². The maximum absolute atomic E-state index is 13.1. The lowest BCUT2D eigenvalue weighted by Crippen LogP contribution is -2.32. The molecule has 0 aliphatic heterocycles. The first-order valence-corrected chi connectivity index (χ1v) is 10.1. The molecule has 1 aromatic heterocycles. The van der Waals surface area contributed by atoms with Crippen molar-refractivity contribution >= 4 is 40.2 Å². The van der Waals surface area contributed by atoms with Gasteiger partial charge in [0.05, 0.1) is 22.3 Å². The van der Waals surface area contributed by atoms with Gasteiger partial charge in [-0.15, -0.1) is 0 Å². The Bertz CT molecular complexity index is 1030. The summed E-state index contributed by atoms with van der Waals surface area (Å²) in [5.74, 6) is 0.234. The van der Waals surface area contributed by atoms with Crippen molar-refractivity contribution in [3.8, 4) is 5.69 Å². The number of halogens is 1. The van der Waals surface area contributed by atoms with Crippen molar-refractivity contribution < 1.29 is 4.79 Å². The summed E-state index contributed by atoms with van der Waals surface area (Å²) >= 11 is 7.38. The Morgan fingerprint density at radius 3 is 2.59 bits per heavy atom. The molecule has 140 valence electrons. The first-order valence-electron chi connectivity index (χ1n) is 8.73. The number of nitrogens with zero attached hydrogens (tertiary/aromatic N) is 3. The van der Waals surface area contributed by atoms with Crippen molar-refractivity contribution in [2.24, 2.45) is 0 Å². The molecule has 0 fully saturated rings. The van der Waals surface area contributed by atoms with Crippen molar-refractivity contribution in [2.45, 2.75) is 19.0 Å². The Hall–Kier alpha value is -2.31. The molecule has 3 aromatic rings. The second-order valence-corrected chi connectivity index (χ2v) is 7.27. The van der Waals surface area contributed by atoms with Gasteiger partial charge in [0.2, 0.25) is 5.91 Å². The molecule has 1 amide bonds. The van der Waals surface area contributed by atoms with Gasteiger partial charge in [-0.1, -0.05) is 41.6 Å². The molecule has 0 atom stereocenters. The molecule has 3 rings (SSSR count). The van der Waals surface area contributed by atoms with Crippen LogP contribution in [0, 0.1) is 0 Å². The first kappa shape index (κ1) is 19.5. The molecule has 0 spiro atoms. The van der Waals surface area contributed by atoms with E-state index in [1.807, 2.05) is 26.0 Å². The fourth-order valence-corrected chi connectivity index (χ4v) is 3.95. The molecule has 0 unspecified atom stereocenters. The minimum atomic E-state index is -0.180. The van der Waals surface area contributed by atoms with Gasteiger partial charge in [0, 0.05) is 18.1 Å². The maximum atomic E-state index is 13.1. The Labute approximate surface area is 167 Å².